The second-order valence-corrected chi connectivity index (χ2v) is 7.89. The third-order valence-electron chi connectivity index (χ3n) is 4.99. The first-order valence-electron chi connectivity index (χ1n) is 9.81. The highest BCUT2D eigenvalue weighted by atomic mass is 35.5. The van der Waals surface area contributed by atoms with Crippen LogP contribution in [-0.4, -0.2) is 61.4 Å². The Morgan fingerprint density at radius 3 is 2.76 bits per heavy atom. The fourth-order valence-electron chi connectivity index (χ4n) is 3.31. The molecule has 0 amide bonds. The van der Waals surface area contributed by atoms with Gasteiger partial charge >= 0.3 is 0 Å². The molecule has 156 valence electrons. The molecule has 0 atom stereocenters. The number of para-hydroxylation sites is 1. The highest BCUT2D eigenvalue weighted by molar-refractivity contribution is 7.80. The lowest BCUT2D eigenvalue weighted by Crippen LogP contribution is -2.44. The Bertz CT molecular complexity index is 827. The number of thiocarbonyl (C=S) groups is 1. The van der Waals surface area contributed by atoms with Crippen LogP contribution in [0.4, 0.5) is 5.69 Å². The van der Waals surface area contributed by atoms with Gasteiger partial charge in [0.25, 0.3) is 0 Å². The van der Waals surface area contributed by atoms with E-state index in [0.717, 1.165) is 62.0 Å². The highest BCUT2D eigenvalue weighted by Gasteiger charge is 2.17. The molecule has 0 radical (unpaired) electrons. The van der Waals surface area contributed by atoms with E-state index in [9.17, 15) is 0 Å². The van der Waals surface area contributed by atoms with Gasteiger partial charge in [-0.2, -0.15) is 0 Å². The van der Waals surface area contributed by atoms with E-state index in [1.165, 1.54) is 0 Å². The van der Waals surface area contributed by atoms with Crippen molar-refractivity contribution in [1.29, 1.82) is 0 Å². The maximum Gasteiger partial charge on any atom is 0.173 e. The number of benzene rings is 2. The van der Waals surface area contributed by atoms with Gasteiger partial charge in [0.2, 0.25) is 0 Å². The number of nitrogens with one attached hydrogen (secondary N) is 1. The average Bonchev–Trinajstić information content (AvgIpc) is 2.74. The summed E-state index contributed by atoms with van der Waals surface area (Å²) in [5.74, 6) is 0.861. The Morgan fingerprint density at radius 1 is 1.24 bits per heavy atom. The fraction of sp³-hybridized carbons (Fsp3) is 0.409. The van der Waals surface area contributed by atoms with Gasteiger partial charge in [0.1, 0.15) is 5.75 Å². The highest BCUT2D eigenvalue weighted by Crippen LogP contribution is 2.24. The maximum absolute atomic E-state index is 6.37. The summed E-state index contributed by atoms with van der Waals surface area (Å²) in [5, 5.41) is 4.64. The zero-order chi connectivity index (χ0) is 20.6. The lowest BCUT2D eigenvalue weighted by atomic mass is 10.2. The van der Waals surface area contributed by atoms with Gasteiger partial charge in [0, 0.05) is 38.3 Å². The Morgan fingerprint density at radius 2 is 2.00 bits per heavy atom. The second kappa shape index (κ2) is 10.8. The zero-order valence-electron chi connectivity index (χ0n) is 17.0. The molecule has 0 aromatic heterocycles. The van der Waals surface area contributed by atoms with Gasteiger partial charge in [0.15, 0.2) is 5.11 Å². The predicted molar refractivity (Wildman–Crippen MR) is 123 cm³/mol. The number of anilines is 1. The number of hydrogen-bond donors (Lipinski definition) is 1. The number of methoxy groups -OCH3 is 1. The fourth-order valence-corrected chi connectivity index (χ4v) is 3.74. The molecule has 1 saturated heterocycles. The molecule has 1 heterocycles. The summed E-state index contributed by atoms with van der Waals surface area (Å²) in [6.45, 7) is 7.88. The summed E-state index contributed by atoms with van der Waals surface area (Å²) in [6.07, 6.45) is 0. The lowest BCUT2D eigenvalue weighted by Gasteiger charge is -2.32. The second-order valence-electron chi connectivity index (χ2n) is 7.10. The number of ether oxygens (including phenoxy) is 2. The standard InChI is InChI=1S/C22H28ClN3O2S/c1-17-7-8-19(23)20(15-17)24-22(29)26(10-9-25-11-13-28-14-12-25)16-18-5-3-4-6-21(18)27-2/h3-8,15H,9-14,16H2,1-2H3,(H,24,29). The van der Waals surface area contributed by atoms with Gasteiger partial charge in [-0.15, -0.1) is 0 Å². The molecule has 0 unspecified atom stereocenters. The van der Waals surface area contributed by atoms with E-state index in [-0.39, 0.29) is 0 Å². The number of halogens is 1. The molecule has 0 spiro atoms. The van der Waals surface area contributed by atoms with Crippen LogP contribution < -0.4 is 10.1 Å². The minimum atomic E-state index is 0.650. The molecule has 2 aromatic rings. The van der Waals surface area contributed by atoms with E-state index in [0.29, 0.717) is 16.7 Å². The topological polar surface area (TPSA) is 37.0 Å². The molecule has 0 aliphatic carbocycles. The van der Waals surface area contributed by atoms with Crippen molar-refractivity contribution in [3.63, 3.8) is 0 Å². The van der Waals surface area contributed by atoms with E-state index in [4.69, 9.17) is 33.3 Å². The zero-order valence-corrected chi connectivity index (χ0v) is 18.6. The van der Waals surface area contributed by atoms with Crippen molar-refractivity contribution < 1.29 is 9.47 Å². The number of aryl methyl sites for hydroxylation is 1. The molecule has 1 aliphatic rings. The van der Waals surface area contributed by atoms with Crippen molar-refractivity contribution in [3.8, 4) is 5.75 Å². The first kappa shape index (κ1) is 21.8. The van der Waals surface area contributed by atoms with E-state index in [1.807, 2.05) is 43.3 Å². The number of hydrogen-bond acceptors (Lipinski definition) is 4. The molecule has 0 saturated carbocycles. The van der Waals surface area contributed by atoms with Gasteiger partial charge in [-0.1, -0.05) is 35.9 Å². The van der Waals surface area contributed by atoms with Crippen molar-refractivity contribution in [2.45, 2.75) is 13.5 Å². The van der Waals surface area contributed by atoms with Crippen LogP contribution in [0.2, 0.25) is 5.02 Å². The predicted octanol–water partition coefficient (Wildman–Crippen LogP) is 4.19. The summed E-state index contributed by atoms with van der Waals surface area (Å²) in [6, 6.07) is 13.9. The Labute approximate surface area is 183 Å². The Kier molecular flexibility index (Phi) is 8.12. The molecular formula is C22H28ClN3O2S. The molecule has 1 N–H and O–H groups in total. The molecule has 5 nitrogen and oxygen atoms in total. The van der Waals surface area contributed by atoms with Crippen LogP contribution in [-0.2, 0) is 11.3 Å². The SMILES string of the molecule is COc1ccccc1CN(CCN1CCOCC1)C(=S)Nc1cc(C)ccc1Cl. The summed E-state index contributed by atoms with van der Waals surface area (Å²) >= 11 is 12.1. The summed E-state index contributed by atoms with van der Waals surface area (Å²) in [5.41, 5.74) is 3.05. The van der Waals surface area contributed by atoms with Crippen LogP contribution >= 0.6 is 23.8 Å². The van der Waals surface area contributed by atoms with Crippen molar-refractivity contribution in [3.05, 3.63) is 58.6 Å². The van der Waals surface area contributed by atoms with Crippen LogP contribution in [0.1, 0.15) is 11.1 Å². The lowest BCUT2D eigenvalue weighted by molar-refractivity contribution is 0.0358. The molecule has 0 bridgehead atoms. The first-order valence-corrected chi connectivity index (χ1v) is 10.6. The molecule has 1 fully saturated rings. The molecule has 2 aromatic carbocycles. The quantitative estimate of drug-likeness (QED) is 0.660. The van der Waals surface area contributed by atoms with Gasteiger partial charge < -0.3 is 19.7 Å². The third-order valence-corrected chi connectivity index (χ3v) is 5.68. The third kappa shape index (κ3) is 6.31. The smallest absolute Gasteiger partial charge is 0.173 e. The Balaban J connectivity index is 1.74. The molecule has 1 aliphatic heterocycles. The van der Waals surface area contributed by atoms with E-state index in [2.05, 4.69) is 21.2 Å². The Hall–Kier alpha value is -1.86. The summed E-state index contributed by atoms with van der Waals surface area (Å²) in [4.78, 5) is 4.57. The minimum absolute atomic E-state index is 0.650. The van der Waals surface area contributed by atoms with Crippen molar-refractivity contribution in [2.24, 2.45) is 0 Å². The molecule has 7 heteroatoms. The molecule has 29 heavy (non-hydrogen) atoms. The number of rotatable bonds is 7. The van der Waals surface area contributed by atoms with Crippen LogP contribution in [0.5, 0.6) is 5.75 Å². The van der Waals surface area contributed by atoms with Crippen LogP contribution in [0, 0.1) is 6.92 Å². The average molecular weight is 434 g/mol. The molecule has 3 rings (SSSR count). The van der Waals surface area contributed by atoms with E-state index < -0.39 is 0 Å². The van der Waals surface area contributed by atoms with Crippen LogP contribution in [0.3, 0.4) is 0 Å². The van der Waals surface area contributed by atoms with Gasteiger partial charge in [-0.05, 0) is 42.9 Å². The van der Waals surface area contributed by atoms with Crippen molar-refractivity contribution in [2.75, 3.05) is 51.8 Å². The largest absolute Gasteiger partial charge is 0.496 e. The van der Waals surface area contributed by atoms with E-state index in [1.54, 1.807) is 7.11 Å². The number of nitrogens with zero attached hydrogens (tertiary/aromatic N) is 2. The summed E-state index contributed by atoms with van der Waals surface area (Å²) in [7, 11) is 1.69. The van der Waals surface area contributed by atoms with Gasteiger partial charge in [-0.3, -0.25) is 4.90 Å². The van der Waals surface area contributed by atoms with E-state index >= 15 is 0 Å². The summed E-state index contributed by atoms with van der Waals surface area (Å²) < 4.78 is 11.0. The number of morpholine rings is 1. The van der Waals surface area contributed by atoms with Gasteiger partial charge in [0.05, 0.1) is 31.0 Å². The van der Waals surface area contributed by atoms with Crippen molar-refractivity contribution in [1.82, 2.24) is 9.80 Å². The molecular weight excluding hydrogens is 406 g/mol. The van der Waals surface area contributed by atoms with Crippen LogP contribution in [0.15, 0.2) is 42.5 Å². The minimum Gasteiger partial charge on any atom is -0.496 e. The normalized spacial score (nSPS) is 14.4. The monoisotopic (exact) mass is 433 g/mol. The van der Waals surface area contributed by atoms with Gasteiger partial charge in [-0.25, -0.2) is 0 Å². The first-order chi connectivity index (χ1) is 14.1. The van der Waals surface area contributed by atoms with Crippen molar-refractivity contribution >= 4 is 34.6 Å². The maximum atomic E-state index is 6.37. The van der Waals surface area contributed by atoms with Crippen LogP contribution in [0.25, 0.3) is 0 Å².